The fourth-order valence-electron chi connectivity index (χ4n) is 3.07. The molecule has 28 heavy (non-hydrogen) atoms. The van der Waals surface area contributed by atoms with E-state index in [4.69, 9.17) is 23.2 Å². The van der Waals surface area contributed by atoms with E-state index in [0.717, 1.165) is 5.56 Å². The molecule has 150 valence electrons. The first-order valence-electron chi connectivity index (χ1n) is 8.75. The molecule has 0 aliphatic carbocycles. The predicted octanol–water partition coefficient (Wildman–Crippen LogP) is 3.60. The summed E-state index contributed by atoms with van der Waals surface area (Å²) < 4.78 is 40.1. The lowest BCUT2D eigenvalue weighted by Gasteiger charge is -2.34. The summed E-state index contributed by atoms with van der Waals surface area (Å²) in [7, 11) is -3.70. The van der Waals surface area contributed by atoms with E-state index in [0.29, 0.717) is 19.5 Å². The number of nitrogens with zero attached hydrogens (tertiary/aromatic N) is 2. The van der Waals surface area contributed by atoms with Crippen molar-refractivity contribution in [3.05, 3.63) is 63.9 Å². The van der Waals surface area contributed by atoms with Crippen molar-refractivity contribution in [2.75, 3.05) is 26.2 Å². The van der Waals surface area contributed by atoms with Gasteiger partial charge in [-0.15, -0.1) is 0 Å². The summed E-state index contributed by atoms with van der Waals surface area (Å²) in [5.74, 6) is -0.401. The Balaban J connectivity index is 1.57. The number of hydrogen-bond acceptors (Lipinski definition) is 3. The molecule has 1 saturated heterocycles. The van der Waals surface area contributed by atoms with E-state index in [9.17, 15) is 17.6 Å². The van der Waals surface area contributed by atoms with E-state index >= 15 is 0 Å². The smallest absolute Gasteiger partial charge is 0.243 e. The van der Waals surface area contributed by atoms with Gasteiger partial charge >= 0.3 is 0 Å². The Morgan fingerprint density at radius 2 is 1.71 bits per heavy atom. The Morgan fingerprint density at radius 3 is 2.36 bits per heavy atom. The first-order chi connectivity index (χ1) is 13.3. The summed E-state index contributed by atoms with van der Waals surface area (Å²) in [6.07, 6.45) is 0.696. The maximum absolute atomic E-state index is 13.2. The van der Waals surface area contributed by atoms with Crippen molar-refractivity contribution in [1.29, 1.82) is 0 Å². The zero-order chi connectivity index (χ0) is 20.3. The molecule has 0 spiro atoms. The van der Waals surface area contributed by atoms with Gasteiger partial charge < -0.3 is 4.90 Å². The molecule has 1 fully saturated rings. The van der Waals surface area contributed by atoms with Crippen molar-refractivity contribution < 1.29 is 17.6 Å². The number of aryl methyl sites for hydroxylation is 1. The Bertz CT molecular complexity index is 977. The zero-order valence-electron chi connectivity index (χ0n) is 14.9. The number of amides is 1. The third-order valence-electron chi connectivity index (χ3n) is 4.64. The van der Waals surface area contributed by atoms with Crippen LogP contribution in [0.4, 0.5) is 4.39 Å². The Morgan fingerprint density at radius 1 is 1.00 bits per heavy atom. The van der Waals surface area contributed by atoms with Crippen LogP contribution in [-0.2, 0) is 21.2 Å². The van der Waals surface area contributed by atoms with Gasteiger partial charge in [-0.05, 0) is 42.3 Å². The lowest BCUT2D eigenvalue weighted by atomic mass is 10.1. The van der Waals surface area contributed by atoms with Crippen molar-refractivity contribution in [2.24, 2.45) is 0 Å². The first kappa shape index (κ1) is 21.0. The number of hydrogen-bond donors (Lipinski definition) is 0. The minimum atomic E-state index is -3.70. The van der Waals surface area contributed by atoms with Crippen molar-refractivity contribution in [3.8, 4) is 0 Å². The topological polar surface area (TPSA) is 57.7 Å². The Labute approximate surface area is 173 Å². The number of carbonyl (C=O) groups excluding carboxylic acids is 1. The third kappa shape index (κ3) is 4.84. The summed E-state index contributed by atoms with van der Waals surface area (Å²) in [6, 6.07) is 10.4. The van der Waals surface area contributed by atoms with Crippen LogP contribution in [-0.4, -0.2) is 49.7 Å². The van der Waals surface area contributed by atoms with Gasteiger partial charge in [0.25, 0.3) is 0 Å². The van der Waals surface area contributed by atoms with Crippen LogP contribution >= 0.6 is 23.2 Å². The summed E-state index contributed by atoms with van der Waals surface area (Å²) in [5, 5.41) is 0.461. The fraction of sp³-hybridized carbons (Fsp3) is 0.316. The van der Waals surface area contributed by atoms with Gasteiger partial charge in [0.15, 0.2) is 0 Å². The molecule has 3 rings (SSSR count). The van der Waals surface area contributed by atoms with E-state index in [1.54, 1.807) is 17.0 Å². The SMILES string of the molecule is O=C(CCc1cccc(F)c1)N1CCN(S(=O)(=O)c2ccc(Cl)c(Cl)c2)CC1. The molecular formula is C19H19Cl2FN2O3S. The highest BCUT2D eigenvalue weighted by atomic mass is 35.5. The molecule has 1 heterocycles. The fourth-order valence-corrected chi connectivity index (χ4v) is 4.88. The first-order valence-corrected chi connectivity index (χ1v) is 10.9. The molecule has 0 atom stereocenters. The van der Waals surface area contributed by atoms with Crippen LogP contribution in [0, 0.1) is 5.82 Å². The third-order valence-corrected chi connectivity index (χ3v) is 7.27. The molecule has 0 bridgehead atoms. The second kappa shape index (κ2) is 8.78. The Kier molecular flexibility index (Phi) is 6.60. The molecule has 1 aliphatic rings. The molecule has 0 unspecified atom stereocenters. The molecule has 2 aromatic carbocycles. The van der Waals surface area contributed by atoms with Crippen molar-refractivity contribution >= 4 is 39.1 Å². The van der Waals surface area contributed by atoms with Crippen LogP contribution in [0.2, 0.25) is 10.0 Å². The highest BCUT2D eigenvalue weighted by Crippen LogP contribution is 2.27. The van der Waals surface area contributed by atoms with Gasteiger partial charge in [-0.3, -0.25) is 4.79 Å². The molecule has 0 N–H and O–H groups in total. The van der Waals surface area contributed by atoms with Crippen LogP contribution in [0.1, 0.15) is 12.0 Å². The van der Waals surface area contributed by atoms with Gasteiger partial charge in [-0.25, -0.2) is 12.8 Å². The number of sulfonamides is 1. The van der Waals surface area contributed by atoms with Gasteiger partial charge in [0, 0.05) is 32.6 Å². The molecule has 1 amide bonds. The Hall–Kier alpha value is -1.67. The molecule has 0 aromatic heterocycles. The number of piperazine rings is 1. The second-order valence-electron chi connectivity index (χ2n) is 6.49. The maximum Gasteiger partial charge on any atom is 0.243 e. The van der Waals surface area contributed by atoms with Crippen LogP contribution < -0.4 is 0 Å². The lowest BCUT2D eigenvalue weighted by Crippen LogP contribution is -2.50. The summed E-state index contributed by atoms with van der Waals surface area (Å²) >= 11 is 11.8. The van der Waals surface area contributed by atoms with Gasteiger partial charge in [-0.2, -0.15) is 4.31 Å². The van der Waals surface area contributed by atoms with E-state index in [2.05, 4.69) is 0 Å². The van der Waals surface area contributed by atoms with Gasteiger partial charge in [-0.1, -0.05) is 35.3 Å². The van der Waals surface area contributed by atoms with Crippen LogP contribution in [0.3, 0.4) is 0 Å². The van der Waals surface area contributed by atoms with E-state index in [-0.39, 0.29) is 46.2 Å². The molecule has 0 saturated carbocycles. The quantitative estimate of drug-likeness (QED) is 0.707. The van der Waals surface area contributed by atoms with E-state index in [1.807, 2.05) is 0 Å². The average Bonchev–Trinajstić information content (AvgIpc) is 2.68. The monoisotopic (exact) mass is 444 g/mol. The molecular weight excluding hydrogens is 426 g/mol. The number of benzene rings is 2. The molecule has 1 aliphatic heterocycles. The highest BCUT2D eigenvalue weighted by molar-refractivity contribution is 7.89. The molecule has 9 heteroatoms. The summed E-state index contributed by atoms with van der Waals surface area (Å²) in [4.78, 5) is 14.1. The summed E-state index contributed by atoms with van der Waals surface area (Å²) in [6.45, 7) is 1.02. The largest absolute Gasteiger partial charge is 0.340 e. The minimum absolute atomic E-state index is 0.0733. The average molecular weight is 445 g/mol. The normalized spacial score (nSPS) is 15.6. The lowest BCUT2D eigenvalue weighted by molar-refractivity contribution is -0.132. The van der Waals surface area contributed by atoms with Gasteiger partial charge in [0.05, 0.1) is 14.9 Å². The number of rotatable bonds is 5. The zero-order valence-corrected chi connectivity index (χ0v) is 17.3. The van der Waals surface area contributed by atoms with Crippen LogP contribution in [0.25, 0.3) is 0 Å². The van der Waals surface area contributed by atoms with Crippen LogP contribution in [0.15, 0.2) is 47.4 Å². The van der Waals surface area contributed by atoms with Crippen molar-refractivity contribution in [1.82, 2.24) is 9.21 Å². The standard InChI is InChI=1S/C19H19Cl2FN2O3S/c20-17-6-5-16(13-18(17)21)28(26,27)24-10-8-23(9-11-24)19(25)7-4-14-2-1-3-15(22)12-14/h1-3,5-6,12-13H,4,7-11H2. The predicted molar refractivity (Wildman–Crippen MR) is 107 cm³/mol. The van der Waals surface area contributed by atoms with Crippen LogP contribution in [0.5, 0.6) is 0 Å². The molecule has 2 aromatic rings. The molecule has 0 radical (unpaired) electrons. The maximum atomic E-state index is 13.2. The highest BCUT2D eigenvalue weighted by Gasteiger charge is 2.30. The van der Waals surface area contributed by atoms with Gasteiger partial charge in [0.1, 0.15) is 5.82 Å². The number of halogens is 3. The number of carbonyl (C=O) groups is 1. The van der Waals surface area contributed by atoms with E-state index < -0.39 is 10.0 Å². The minimum Gasteiger partial charge on any atom is -0.340 e. The molecule has 5 nitrogen and oxygen atoms in total. The second-order valence-corrected chi connectivity index (χ2v) is 9.24. The van der Waals surface area contributed by atoms with E-state index in [1.165, 1.54) is 34.6 Å². The van der Waals surface area contributed by atoms with Crippen molar-refractivity contribution in [3.63, 3.8) is 0 Å². The summed E-state index contributed by atoms with van der Waals surface area (Å²) in [5.41, 5.74) is 0.759. The van der Waals surface area contributed by atoms with Crippen molar-refractivity contribution in [2.45, 2.75) is 17.7 Å². The van der Waals surface area contributed by atoms with Gasteiger partial charge in [0.2, 0.25) is 15.9 Å².